The molecule has 0 saturated heterocycles. The van der Waals surface area contributed by atoms with Crippen LogP contribution in [-0.2, 0) is 4.79 Å². The first-order valence-electron chi connectivity index (χ1n) is 9.80. The van der Waals surface area contributed by atoms with E-state index in [-0.39, 0.29) is 22.4 Å². The summed E-state index contributed by atoms with van der Waals surface area (Å²) >= 11 is 1.47. The van der Waals surface area contributed by atoms with Crippen molar-refractivity contribution in [2.75, 3.05) is 7.11 Å². The highest BCUT2D eigenvalue weighted by molar-refractivity contribution is 7.13. The van der Waals surface area contributed by atoms with E-state index in [0.717, 1.165) is 4.88 Å². The Balaban J connectivity index is 2.12. The van der Waals surface area contributed by atoms with Crippen LogP contribution < -0.4 is 9.47 Å². The second-order valence-corrected chi connectivity index (χ2v) is 8.58. The molecule has 0 radical (unpaired) electrons. The van der Waals surface area contributed by atoms with Gasteiger partial charge in [-0.05, 0) is 43.5 Å². The molecule has 0 spiro atoms. The number of carbonyl (C=O) groups excluding carboxylic acids is 1. The normalized spacial score (nSPS) is 11.0. The van der Waals surface area contributed by atoms with Crippen LogP contribution in [0.2, 0.25) is 0 Å². The number of allylic oxidation sites excluding steroid dienone is 1. The van der Waals surface area contributed by atoms with Gasteiger partial charge in [-0.15, -0.1) is 11.3 Å². The quantitative estimate of drug-likeness (QED) is 0.327. The number of thiophene rings is 1. The van der Waals surface area contributed by atoms with Gasteiger partial charge >= 0.3 is 11.9 Å². The molecule has 0 unspecified atom stereocenters. The van der Waals surface area contributed by atoms with Gasteiger partial charge in [0.25, 0.3) is 0 Å². The molecule has 0 fully saturated rings. The second-order valence-electron chi connectivity index (χ2n) is 7.63. The Morgan fingerprint density at radius 2 is 1.61 bits per heavy atom. The zero-order valence-electron chi connectivity index (χ0n) is 18.2. The summed E-state index contributed by atoms with van der Waals surface area (Å²) in [6.07, 6.45) is 0. The van der Waals surface area contributed by atoms with E-state index >= 15 is 0 Å². The van der Waals surface area contributed by atoms with Gasteiger partial charge in [0.2, 0.25) is 0 Å². The third kappa shape index (κ3) is 4.96. The van der Waals surface area contributed by atoms with Gasteiger partial charge in [-0.3, -0.25) is 4.79 Å². The van der Waals surface area contributed by atoms with Gasteiger partial charge in [0.15, 0.2) is 11.4 Å². The first-order chi connectivity index (χ1) is 15.5. The molecule has 0 bridgehead atoms. The summed E-state index contributed by atoms with van der Waals surface area (Å²) < 4.78 is 11.3. The fourth-order valence-corrected chi connectivity index (χ4v) is 3.80. The van der Waals surface area contributed by atoms with Crippen molar-refractivity contribution in [3.8, 4) is 21.9 Å². The number of Topliss-reactive ketones (excluding diaryl/α,β-unsaturated/α-hetero) is 1. The number of hydrogen-bond acceptors (Lipinski definition) is 6. The first-order valence-corrected chi connectivity index (χ1v) is 10.7. The molecule has 1 heterocycles. The Hall–Kier alpha value is -3.91. The number of carbonyl (C=O) groups is 3. The van der Waals surface area contributed by atoms with Gasteiger partial charge < -0.3 is 19.7 Å². The van der Waals surface area contributed by atoms with Gasteiger partial charge in [0, 0.05) is 33.2 Å². The number of aromatic carboxylic acids is 1. The van der Waals surface area contributed by atoms with E-state index in [1.807, 2.05) is 17.5 Å². The smallest absolute Gasteiger partial charge is 0.347 e. The van der Waals surface area contributed by atoms with Crippen LogP contribution in [0.5, 0.6) is 11.5 Å². The number of benzene rings is 2. The maximum atomic E-state index is 13.2. The number of carboxylic acids is 2. The highest BCUT2D eigenvalue weighted by Crippen LogP contribution is 2.42. The molecule has 2 aromatic carbocycles. The Morgan fingerprint density at radius 1 is 0.970 bits per heavy atom. The number of methoxy groups -OCH3 is 1. The van der Waals surface area contributed by atoms with Gasteiger partial charge in [0.1, 0.15) is 11.5 Å². The summed E-state index contributed by atoms with van der Waals surface area (Å²) in [5, 5.41) is 20.5. The van der Waals surface area contributed by atoms with Crippen LogP contribution >= 0.6 is 11.3 Å². The van der Waals surface area contributed by atoms with Crippen molar-refractivity contribution in [1.82, 2.24) is 0 Å². The molecule has 170 valence electrons. The molecule has 1 aromatic heterocycles. The number of hydrogen-bond donors (Lipinski definition) is 2. The minimum absolute atomic E-state index is 0.0498. The average molecular weight is 467 g/mol. The zero-order chi connectivity index (χ0) is 24.3. The van der Waals surface area contributed by atoms with Crippen LogP contribution in [0, 0.1) is 0 Å². The number of aliphatic carboxylic acids is 1. The predicted octanol–water partition coefficient (Wildman–Crippen LogP) is 5.26. The first kappa shape index (κ1) is 23.7. The van der Waals surface area contributed by atoms with Crippen molar-refractivity contribution >= 4 is 34.6 Å². The lowest BCUT2D eigenvalue weighted by atomic mass is 9.94. The predicted molar refractivity (Wildman–Crippen MR) is 125 cm³/mol. The lowest BCUT2D eigenvalue weighted by Gasteiger charge is -2.25. The molecule has 0 amide bonds. The standard InChI is InChI=1S/C25H22O7S/c1-14(22(26)15-7-9-16(10-8-15)23(27)28)17-12-18(21-6-5-11-33-21)19(31-4)13-20(17)32-25(2,3)24(29)30/h5-13H,1H2,2-4H3,(H,27,28)(H,29,30). The van der Waals surface area contributed by atoms with Crippen LogP contribution in [0.1, 0.15) is 40.1 Å². The zero-order valence-corrected chi connectivity index (χ0v) is 19.1. The van der Waals surface area contributed by atoms with Crippen LogP contribution in [0.25, 0.3) is 16.0 Å². The molecule has 7 nitrogen and oxygen atoms in total. The van der Waals surface area contributed by atoms with Crippen molar-refractivity contribution in [3.63, 3.8) is 0 Å². The van der Waals surface area contributed by atoms with Gasteiger partial charge in [-0.25, -0.2) is 9.59 Å². The number of carboxylic acid groups (broad SMARTS) is 2. The van der Waals surface area contributed by atoms with Crippen LogP contribution in [0.4, 0.5) is 0 Å². The van der Waals surface area contributed by atoms with E-state index in [0.29, 0.717) is 16.9 Å². The summed E-state index contributed by atoms with van der Waals surface area (Å²) in [7, 11) is 1.49. The van der Waals surface area contributed by atoms with E-state index in [9.17, 15) is 19.5 Å². The van der Waals surface area contributed by atoms with Gasteiger partial charge in [-0.1, -0.05) is 24.8 Å². The minimum atomic E-state index is -1.59. The highest BCUT2D eigenvalue weighted by atomic mass is 32.1. The summed E-state index contributed by atoms with van der Waals surface area (Å²) in [5.74, 6) is -2.16. The van der Waals surface area contributed by atoms with Gasteiger partial charge in [0.05, 0.1) is 12.7 Å². The summed E-state index contributed by atoms with van der Waals surface area (Å²) in [6, 6.07) is 12.5. The molecule has 0 aliphatic heterocycles. The molecule has 0 aliphatic rings. The van der Waals surface area contributed by atoms with E-state index in [1.54, 1.807) is 12.1 Å². The van der Waals surface area contributed by atoms with Crippen LogP contribution in [0.3, 0.4) is 0 Å². The highest BCUT2D eigenvalue weighted by Gasteiger charge is 2.32. The van der Waals surface area contributed by atoms with Crippen molar-refractivity contribution < 1.29 is 34.1 Å². The SMILES string of the molecule is C=C(C(=O)c1ccc(C(=O)O)cc1)c1cc(-c2cccs2)c(OC)cc1OC(C)(C)C(=O)O. The van der Waals surface area contributed by atoms with Crippen LogP contribution in [-0.4, -0.2) is 40.6 Å². The monoisotopic (exact) mass is 466 g/mol. The Labute approximate surface area is 194 Å². The second kappa shape index (κ2) is 9.30. The Bertz CT molecular complexity index is 1220. The Morgan fingerprint density at radius 3 is 2.12 bits per heavy atom. The fourth-order valence-electron chi connectivity index (χ4n) is 3.05. The maximum absolute atomic E-state index is 13.2. The van der Waals surface area contributed by atoms with E-state index in [4.69, 9.17) is 14.6 Å². The summed E-state index contributed by atoms with van der Waals surface area (Å²) in [5.41, 5.74) is -0.235. The molecule has 33 heavy (non-hydrogen) atoms. The molecular formula is C25H22O7S. The number of ketones is 1. The van der Waals surface area contributed by atoms with E-state index in [1.165, 1.54) is 56.6 Å². The average Bonchev–Trinajstić information content (AvgIpc) is 3.32. The summed E-state index contributed by atoms with van der Waals surface area (Å²) in [4.78, 5) is 36.8. The van der Waals surface area contributed by atoms with Gasteiger partial charge in [-0.2, -0.15) is 0 Å². The van der Waals surface area contributed by atoms with E-state index < -0.39 is 23.3 Å². The Kier molecular flexibility index (Phi) is 6.69. The summed E-state index contributed by atoms with van der Waals surface area (Å²) in [6.45, 7) is 6.74. The lowest BCUT2D eigenvalue weighted by Crippen LogP contribution is -2.38. The third-order valence-electron chi connectivity index (χ3n) is 4.96. The third-order valence-corrected chi connectivity index (χ3v) is 5.86. The number of rotatable bonds is 9. The molecule has 0 aliphatic carbocycles. The van der Waals surface area contributed by atoms with E-state index in [2.05, 4.69) is 6.58 Å². The molecule has 3 rings (SSSR count). The van der Waals surface area contributed by atoms with Crippen molar-refractivity contribution in [3.05, 3.63) is 77.2 Å². The number of ether oxygens (including phenoxy) is 2. The molecule has 2 N–H and O–H groups in total. The largest absolute Gasteiger partial charge is 0.496 e. The molecule has 3 aromatic rings. The molecule has 0 saturated carbocycles. The van der Waals surface area contributed by atoms with Crippen molar-refractivity contribution in [2.24, 2.45) is 0 Å². The van der Waals surface area contributed by atoms with Crippen molar-refractivity contribution in [1.29, 1.82) is 0 Å². The maximum Gasteiger partial charge on any atom is 0.347 e. The topological polar surface area (TPSA) is 110 Å². The fraction of sp³-hybridized carbons (Fsp3) is 0.160. The minimum Gasteiger partial charge on any atom is -0.496 e. The van der Waals surface area contributed by atoms with Crippen LogP contribution in [0.15, 0.2) is 60.5 Å². The lowest BCUT2D eigenvalue weighted by molar-refractivity contribution is -0.152. The molecular weight excluding hydrogens is 444 g/mol. The molecule has 8 heteroatoms. The molecule has 0 atom stereocenters. The van der Waals surface area contributed by atoms with Crippen molar-refractivity contribution in [2.45, 2.75) is 19.4 Å².